The van der Waals surface area contributed by atoms with Gasteiger partial charge in [0.15, 0.2) is 0 Å². The maximum Gasteiger partial charge on any atom is 0.268 e. The summed E-state index contributed by atoms with van der Waals surface area (Å²) in [5.41, 5.74) is 5.16. The van der Waals surface area contributed by atoms with Gasteiger partial charge in [0.1, 0.15) is 11.5 Å². The highest BCUT2D eigenvalue weighted by Gasteiger charge is 2.27. The summed E-state index contributed by atoms with van der Waals surface area (Å²) in [5.74, 6) is 0.112. The normalized spacial score (nSPS) is 14.5. The number of fused-ring (bicyclic) bond motifs is 1. The van der Waals surface area contributed by atoms with Crippen LogP contribution in [0.5, 0.6) is 11.5 Å². The number of nitrogens with one attached hydrogen (secondary N) is 2. The molecule has 0 atom stereocenters. The molecule has 3 aromatic carbocycles. The molecule has 2 N–H and O–H groups in total. The van der Waals surface area contributed by atoms with Crippen molar-refractivity contribution in [1.82, 2.24) is 14.6 Å². The second-order valence-corrected chi connectivity index (χ2v) is 12.1. The molecule has 5 rings (SSSR count). The van der Waals surface area contributed by atoms with Crippen LogP contribution in [0.3, 0.4) is 0 Å². The third-order valence-electron chi connectivity index (χ3n) is 7.93. The highest BCUT2D eigenvalue weighted by Crippen LogP contribution is 2.33. The number of benzene rings is 3. The lowest BCUT2D eigenvalue weighted by Gasteiger charge is -2.35. The first-order valence-electron chi connectivity index (χ1n) is 13.6. The van der Waals surface area contributed by atoms with Crippen molar-refractivity contribution in [3.05, 3.63) is 82.5 Å². The number of sulfonamides is 1. The Hall–Kier alpha value is -3.82. The number of aromatic amines is 1. The number of H-pyrrole nitrogens is 1. The Kier molecular flexibility index (Phi) is 7.61. The van der Waals surface area contributed by atoms with Crippen molar-refractivity contribution in [3.8, 4) is 11.5 Å². The quantitative estimate of drug-likeness (QED) is 0.312. The summed E-state index contributed by atoms with van der Waals surface area (Å²) in [6.07, 6.45) is 1.85. The fraction of sp³-hybridized carbons (Fsp3) is 0.323. The van der Waals surface area contributed by atoms with Gasteiger partial charge in [-0.25, -0.2) is 13.1 Å². The van der Waals surface area contributed by atoms with Gasteiger partial charge in [-0.2, -0.15) is 0 Å². The molecular formula is C31H36N4O4S. The molecule has 40 heavy (non-hydrogen) atoms. The zero-order chi connectivity index (χ0) is 28.6. The number of carbonyl (C=O) groups is 1. The van der Waals surface area contributed by atoms with Crippen LogP contribution in [0.2, 0.25) is 0 Å². The van der Waals surface area contributed by atoms with E-state index >= 15 is 0 Å². The summed E-state index contributed by atoms with van der Waals surface area (Å²) in [7, 11) is -4.13. The van der Waals surface area contributed by atoms with E-state index in [-0.39, 0.29) is 10.5 Å². The molecule has 1 saturated heterocycles. The number of ether oxygens (including phenoxy) is 1. The number of rotatable bonds is 7. The number of aromatic nitrogens is 1. The molecule has 1 aliphatic rings. The minimum Gasteiger partial charge on any atom is -0.456 e. The van der Waals surface area contributed by atoms with Gasteiger partial charge in [-0.3, -0.25) is 4.79 Å². The van der Waals surface area contributed by atoms with E-state index in [4.69, 9.17) is 4.74 Å². The fourth-order valence-electron chi connectivity index (χ4n) is 5.43. The van der Waals surface area contributed by atoms with Gasteiger partial charge < -0.3 is 19.5 Å². The van der Waals surface area contributed by atoms with Gasteiger partial charge in [-0.15, -0.1) is 0 Å². The molecule has 1 aliphatic heterocycles. The van der Waals surface area contributed by atoms with E-state index in [1.54, 1.807) is 19.9 Å². The summed E-state index contributed by atoms with van der Waals surface area (Å²) in [4.78, 5) is 21.5. The van der Waals surface area contributed by atoms with E-state index in [0.717, 1.165) is 60.4 Å². The average molecular weight is 561 g/mol. The summed E-state index contributed by atoms with van der Waals surface area (Å²) in [6.45, 7) is 14.1. The third kappa shape index (κ3) is 5.44. The molecule has 0 spiro atoms. The number of piperazine rings is 1. The first-order chi connectivity index (χ1) is 19.1. The Morgan fingerprint density at radius 3 is 2.40 bits per heavy atom. The van der Waals surface area contributed by atoms with Gasteiger partial charge in [0.2, 0.25) is 0 Å². The largest absolute Gasteiger partial charge is 0.456 e. The van der Waals surface area contributed by atoms with Crippen molar-refractivity contribution >= 4 is 32.5 Å². The molecule has 4 aromatic rings. The van der Waals surface area contributed by atoms with Crippen LogP contribution in [0.4, 0.5) is 5.69 Å². The van der Waals surface area contributed by atoms with Crippen molar-refractivity contribution in [3.63, 3.8) is 0 Å². The van der Waals surface area contributed by atoms with Crippen LogP contribution in [0, 0.1) is 27.7 Å². The average Bonchev–Trinajstić information content (AvgIpc) is 3.39. The van der Waals surface area contributed by atoms with Crippen LogP contribution in [0.1, 0.15) is 39.5 Å². The van der Waals surface area contributed by atoms with Gasteiger partial charge in [-0.1, -0.05) is 13.0 Å². The van der Waals surface area contributed by atoms with E-state index in [9.17, 15) is 13.2 Å². The highest BCUT2D eigenvalue weighted by atomic mass is 32.2. The molecule has 1 amide bonds. The minimum atomic E-state index is -4.13. The van der Waals surface area contributed by atoms with Crippen molar-refractivity contribution in [2.75, 3.05) is 37.6 Å². The monoisotopic (exact) mass is 560 g/mol. The molecule has 1 fully saturated rings. The summed E-state index contributed by atoms with van der Waals surface area (Å²) in [5, 5.41) is 0.971. The maximum absolute atomic E-state index is 13.6. The van der Waals surface area contributed by atoms with Gasteiger partial charge in [0.25, 0.3) is 15.9 Å². The molecule has 0 aliphatic carbocycles. The van der Waals surface area contributed by atoms with Crippen LogP contribution in [-0.2, 0) is 10.0 Å². The zero-order valence-electron chi connectivity index (χ0n) is 23.7. The molecule has 0 bridgehead atoms. The summed E-state index contributed by atoms with van der Waals surface area (Å²) < 4.78 is 35.6. The topological polar surface area (TPSA) is 94.7 Å². The van der Waals surface area contributed by atoms with Crippen LogP contribution in [0.15, 0.2) is 59.6 Å². The molecule has 210 valence electrons. The van der Waals surface area contributed by atoms with Crippen molar-refractivity contribution in [2.45, 2.75) is 39.5 Å². The molecular weight excluding hydrogens is 524 g/mol. The second kappa shape index (κ2) is 11.0. The number of hydrogen-bond acceptors (Lipinski definition) is 6. The van der Waals surface area contributed by atoms with E-state index < -0.39 is 15.9 Å². The SMILES string of the molecule is CCN1CCN(c2ccc(C(=O)NS(=O)(=O)c3c(C)cc(C)c(C)c3C)c(Oc3ccc4[nH]ccc4c3)c2)CC1. The second-order valence-electron chi connectivity index (χ2n) is 10.5. The number of aryl methyl sites for hydroxylation is 2. The zero-order valence-corrected chi connectivity index (χ0v) is 24.5. The van der Waals surface area contributed by atoms with Crippen molar-refractivity contribution in [2.24, 2.45) is 0 Å². The summed E-state index contributed by atoms with van der Waals surface area (Å²) in [6, 6.07) is 14.7. The Balaban J connectivity index is 1.50. The molecule has 9 heteroatoms. The standard InChI is InChI=1S/C31H36N4O4S/c1-6-34-13-15-35(16-14-34)25-7-9-27(29(19-25)39-26-8-10-28-24(18-26)11-12-32-28)31(36)33-40(37,38)30-21(3)17-20(2)22(4)23(30)5/h7-12,17-19,32H,6,13-16H2,1-5H3,(H,33,36). The van der Waals surface area contributed by atoms with Crippen LogP contribution < -0.4 is 14.4 Å². The first kappa shape index (κ1) is 27.7. The molecule has 0 saturated carbocycles. The van der Waals surface area contributed by atoms with Gasteiger partial charge in [0, 0.05) is 55.0 Å². The Morgan fingerprint density at radius 2 is 1.68 bits per heavy atom. The molecule has 1 aromatic heterocycles. The lowest BCUT2D eigenvalue weighted by atomic mass is 10.0. The van der Waals surface area contributed by atoms with E-state index in [1.165, 1.54) is 0 Å². The van der Waals surface area contributed by atoms with E-state index in [1.807, 2.05) is 62.5 Å². The molecule has 0 radical (unpaired) electrons. The summed E-state index contributed by atoms with van der Waals surface area (Å²) >= 11 is 0. The molecule has 8 nitrogen and oxygen atoms in total. The lowest BCUT2D eigenvalue weighted by Crippen LogP contribution is -2.46. The fourth-order valence-corrected chi connectivity index (χ4v) is 6.92. The number of hydrogen-bond donors (Lipinski definition) is 2. The number of amides is 1. The number of likely N-dealkylation sites (N-methyl/N-ethyl adjacent to an activating group) is 1. The Morgan fingerprint density at radius 1 is 0.925 bits per heavy atom. The van der Waals surface area contributed by atoms with Gasteiger partial charge in [-0.05, 0) is 92.9 Å². The Bertz CT molecular complexity index is 1690. The minimum absolute atomic E-state index is 0.134. The lowest BCUT2D eigenvalue weighted by molar-refractivity contribution is 0.0979. The molecule has 0 unspecified atom stereocenters. The van der Waals surface area contributed by atoms with Crippen molar-refractivity contribution in [1.29, 1.82) is 0 Å². The van der Waals surface area contributed by atoms with Crippen LogP contribution in [-0.4, -0.2) is 56.9 Å². The van der Waals surface area contributed by atoms with Gasteiger partial charge >= 0.3 is 0 Å². The predicted molar refractivity (Wildman–Crippen MR) is 159 cm³/mol. The first-order valence-corrected chi connectivity index (χ1v) is 15.1. The highest BCUT2D eigenvalue weighted by molar-refractivity contribution is 7.90. The van der Waals surface area contributed by atoms with E-state index in [2.05, 4.69) is 26.4 Å². The van der Waals surface area contributed by atoms with Crippen LogP contribution in [0.25, 0.3) is 10.9 Å². The molecule has 2 heterocycles. The third-order valence-corrected chi connectivity index (χ3v) is 9.55. The predicted octanol–water partition coefficient (Wildman–Crippen LogP) is 5.45. The number of nitrogens with zero attached hydrogens (tertiary/aromatic N) is 2. The van der Waals surface area contributed by atoms with E-state index in [0.29, 0.717) is 22.6 Å². The maximum atomic E-state index is 13.6. The van der Waals surface area contributed by atoms with Crippen LogP contribution >= 0.6 is 0 Å². The number of carbonyl (C=O) groups excluding carboxylic acids is 1. The number of anilines is 1. The van der Waals surface area contributed by atoms with Gasteiger partial charge in [0.05, 0.1) is 10.5 Å². The smallest absolute Gasteiger partial charge is 0.268 e. The van der Waals surface area contributed by atoms with Crippen molar-refractivity contribution < 1.29 is 17.9 Å². The Labute approximate surface area is 236 Å².